The molecule has 4 rings (SSSR count). The van der Waals surface area contributed by atoms with Gasteiger partial charge in [-0.2, -0.15) is 4.31 Å². The molecule has 6 nitrogen and oxygen atoms in total. The number of sulfonamides is 1. The summed E-state index contributed by atoms with van der Waals surface area (Å²) in [5, 5.41) is 0.772. The summed E-state index contributed by atoms with van der Waals surface area (Å²) in [6.07, 6.45) is 1.51. The van der Waals surface area contributed by atoms with E-state index < -0.39 is 20.7 Å². The molecule has 0 unspecified atom stereocenters. The van der Waals surface area contributed by atoms with Crippen molar-refractivity contribution in [3.05, 3.63) is 58.9 Å². The Bertz CT molecular complexity index is 1140. The van der Waals surface area contributed by atoms with E-state index in [0.717, 1.165) is 40.2 Å². The molecule has 1 aliphatic rings. The second-order valence-corrected chi connectivity index (χ2v) is 10.0. The standard InChI is InChI=1S/C20H20FN3O3S2/c1-23(13-19-22-16-6-2-3-7-17(16)28-19)20(25)14-8-9-15(21)18(12-14)29(26,27)24-10-4-5-11-24/h2-3,6-9,12H,4-5,10-11,13H2,1H3. The van der Waals surface area contributed by atoms with Crippen molar-refractivity contribution < 1.29 is 17.6 Å². The lowest BCUT2D eigenvalue weighted by atomic mass is 10.2. The molecule has 9 heteroatoms. The van der Waals surface area contributed by atoms with Crippen LogP contribution in [0.5, 0.6) is 0 Å². The number of fused-ring (bicyclic) bond motifs is 1. The van der Waals surface area contributed by atoms with E-state index in [0.29, 0.717) is 13.1 Å². The van der Waals surface area contributed by atoms with Gasteiger partial charge in [0.15, 0.2) is 0 Å². The largest absolute Gasteiger partial charge is 0.335 e. The number of benzene rings is 2. The molecule has 1 amide bonds. The number of hydrogen-bond acceptors (Lipinski definition) is 5. The number of thiazole rings is 1. The van der Waals surface area contributed by atoms with Crippen molar-refractivity contribution in [2.24, 2.45) is 0 Å². The van der Waals surface area contributed by atoms with Crippen LogP contribution in [0.1, 0.15) is 28.2 Å². The molecule has 0 atom stereocenters. The third kappa shape index (κ3) is 3.90. The zero-order valence-electron chi connectivity index (χ0n) is 15.8. The zero-order chi connectivity index (χ0) is 20.6. The van der Waals surface area contributed by atoms with E-state index in [-0.39, 0.29) is 18.0 Å². The predicted octanol–water partition coefficient (Wildman–Crippen LogP) is 3.49. The zero-order valence-corrected chi connectivity index (χ0v) is 17.5. The fourth-order valence-electron chi connectivity index (χ4n) is 3.38. The summed E-state index contributed by atoms with van der Waals surface area (Å²) >= 11 is 1.50. The van der Waals surface area contributed by atoms with Crippen molar-refractivity contribution in [2.45, 2.75) is 24.3 Å². The number of carbonyl (C=O) groups excluding carboxylic acids is 1. The summed E-state index contributed by atoms with van der Waals surface area (Å²) in [7, 11) is -2.33. The molecule has 29 heavy (non-hydrogen) atoms. The lowest BCUT2D eigenvalue weighted by Crippen LogP contribution is -2.30. The Morgan fingerprint density at radius 2 is 1.93 bits per heavy atom. The van der Waals surface area contributed by atoms with E-state index in [2.05, 4.69) is 4.98 Å². The number of aromatic nitrogens is 1. The third-order valence-corrected chi connectivity index (χ3v) is 7.85. The van der Waals surface area contributed by atoms with Gasteiger partial charge < -0.3 is 4.90 Å². The maximum absolute atomic E-state index is 14.3. The van der Waals surface area contributed by atoms with Crippen LogP contribution in [0.3, 0.4) is 0 Å². The maximum Gasteiger partial charge on any atom is 0.254 e. The molecule has 2 heterocycles. The molecule has 0 aliphatic carbocycles. The molecular formula is C20H20FN3O3S2. The van der Waals surface area contributed by atoms with Crippen LogP contribution in [-0.2, 0) is 16.6 Å². The van der Waals surface area contributed by atoms with Crippen molar-refractivity contribution in [1.82, 2.24) is 14.2 Å². The SMILES string of the molecule is CN(Cc1nc2ccccc2s1)C(=O)c1ccc(F)c(S(=O)(=O)N2CCCC2)c1. The minimum Gasteiger partial charge on any atom is -0.335 e. The number of amides is 1. The third-order valence-electron chi connectivity index (χ3n) is 4.92. The molecule has 1 aromatic heterocycles. The van der Waals surface area contributed by atoms with Gasteiger partial charge in [0.1, 0.15) is 15.7 Å². The summed E-state index contributed by atoms with van der Waals surface area (Å²) in [5.41, 5.74) is 1.00. The number of nitrogens with zero attached hydrogens (tertiary/aromatic N) is 3. The van der Waals surface area contributed by atoms with Gasteiger partial charge in [-0.25, -0.2) is 17.8 Å². The van der Waals surface area contributed by atoms with Crippen LogP contribution < -0.4 is 0 Å². The van der Waals surface area contributed by atoms with E-state index in [1.165, 1.54) is 26.6 Å². The van der Waals surface area contributed by atoms with Crippen molar-refractivity contribution in [1.29, 1.82) is 0 Å². The molecule has 0 saturated carbocycles. The average molecular weight is 434 g/mol. The molecule has 1 saturated heterocycles. The minimum atomic E-state index is -3.95. The molecule has 0 N–H and O–H groups in total. The Morgan fingerprint density at radius 3 is 2.66 bits per heavy atom. The number of halogens is 1. The second kappa shape index (κ2) is 7.81. The molecule has 0 bridgehead atoms. The normalized spacial score (nSPS) is 15.1. The highest BCUT2D eigenvalue weighted by molar-refractivity contribution is 7.89. The van der Waals surface area contributed by atoms with Crippen molar-refractivity contribution in [3.63, 3.8) is 0 Å². The van der Waals surface area contributed by atoms with E-state index >= 15 is 0 Å². The predicted molar refractivity (Wildman–Crippen MR) is 110 cm³/mol. The van der Waals surface area contributed by atoms with Gasteiger partial charge in [-0.05, 0) is 43.2 Å². The first-order chi connectivity index (χ1) is 13.9. The fraction of sp³-hybridized carbons (Fsp3) is 0.300. The van der Waals surface area contributed by atoms with E-state index in [4.69, 9.17) is 0 Å². The first-order valence-corrected chi connectivity index (χ1v) is 11.5. The fourth-order valence-corrected chi connectivity index (χ4v) is 6.01. The highest BCUT2D eigenvalue weighted by Crippen LogP contribution is 2.26. The van der Waals surface area contributed by atoms with Crippen LogP contribution in [0.2, 0.25) is 0 Å². The van der Waals surface area contributed by atoms with E-state index in [1.54, 1.807) is 7.05 Å². The number of hydrogen-bond donors (Lipinski definition) is 0. The van der Waals surface area contributed by atoms with Gasteiger partial charge in [0.2, 0.25) is 10.0 Å². The van der Waals surface area contributed by atoms with Crippen LogP contribution in [0.15, 0.2) is 47.4 Å². The Morgan fingerprint density at radius 1 is 1.21 bits per heavy atom. The number of rotatable bonds is 5. The second-order valence-electron chi connectivity index (χ2n) is 6.99. The van der Waals surface area contributed by atoms with Crippen molar-refractivity contribution in [3.8, 4) is 0 Å². The van der Waals surface area contributed by atoms with Crippen molar-refractivity contribution in [2.75, 3.05) is 20.1 Å². The van der Waals surface area contributed by atoms with Crippen LogP contribution in [0.4, 0.5) is 4.39 Å². The maximum atomic E-state index is 14.3. The molecule has 1 fully saturated rings. The van der Waals surface area contributed by atoms with Gasteiger partial charge in [-0.3, -0.25) is 4.79 Å². The Labute approximate surface area is 172 Å². The van der Waals surface area contributed by atoms with Crippen molar-refractivity contribution >= 4 is 37.5 Å². The lowest BCUT2D eigenvalue weighted by molar-refractivity contribution is 0.0784. The van der Waals surface area contributed by atoms with E-state index in [9.17, 15) is 17.6 Å². The molecule has 1 aliphatic heterocycles. The number of para-hydroxylation sites is 1. The van der Waals surface area contributed by atoms with Gasteiger partial charge in [0.25, 0.3) is 5.91 Å². The summed E-state index contributed by atoms with van der Waals surface area (Å²) in [5.74, 6) is -1.23. The molecule has 152 valence electrons. The molecule has 0 spiro atoms. The molecule has 2 aromatic carbocycles. The van der Waals surface area contributed by atoms with Crippen LogP contribution in [0, 0.1) is 5.82 Å². The first-order valence-electron chi connectivity index (χ1n) is 9.26. The van der Waals surface area contributed by atoms with Crippen LogP contribution in [-0.4, -0.2) is 48.7 Å². The van der Waals surface area contributed by atoms with Gasteiger partial charge in [-0.1, -0.05) is 12.1 Å². The molecular weight excluding hydrogens is 413 g/mol. The van der Waals surface area contributed by atoms with Crippen LogP contribution >= 0.6 is 11.3 Å². The highest BCUT2D eigenvalue weighted by Gasteiger charge is 2.30. The topological polar surface area (TPSA) is 70.6 Å². The van der Waals surface area contributed by atoms with Gasteiger partial charge in [0, 0.05) is 25.7 Å². The van der Waals surface area contributed by atoms with Gasteiger partial charge in [0.05, 0.1) is 16.8 Å². The lowest BCUT2D eigenvalue weighted by Gasteiger charge is -2.18. The number of carbonyl (C=O) groups is 1. The monoisotopic (exact) mass is 433 g/mol. The van der Waals surface area contributed by atoms with E-state index in [1.807, 2.05) is 24.3 Å². The molecule has 3 aromatic rings. The summed E-state index contributed by atoms with van der Waals surface area (Å²) in [6.45, 7) is 1.03. The van der Waals surface area contributed by atoms with Gasteiger partial charge in [-0.15, -0.1) is 11.3 Å². The summed E-state index contributed by atoms with van der Waals surface area (Å²) < 4.78 is 42.1. The smallest absolute Gasteiger partial charge is 0.254 e. The summed E-state index contributed by atoms with van der Waals surface area (Å²) in [4.78, 5) is 18.4. The Balaban J connectivity index is 1.58. The van der Waals surface area contributed by atoms with Crippen LogP contribution in [0.25, 0.3) is 10.2 Å². The Hall–Kier alpha value is -2.36. The summed E-state index contributed by atoms with van der Waals surface area (Å²) in [6, 6.07) is 11.2. The minimum absolute atomic E-state index is 0.132. The first kappa shape index (κ1) is 19.9. The highest BCUT2D eigenvalue weighted by atomic mass is 32.2. The average Bonchev–Trinajstić information content (AvgIpc) is 3.37. The van der Waals surface area contributed by atoms with Gasteiger partial charge >= 0.3 is 0 Å². The molecule has 0 radical (unpaired) electrons. The Kier molecular flexibility index (Phi) is 5.37. The quantitative estimate of drug-likeness (QED) is 0.618.